The second-order valence-corrected chi connectivity index (χ2v) is 8.84. The molecular formula is C27H29N3O2. The molecule has 2 amide bonds. The number of amides is 2. The molecule has 0 radical (unpaired) electrons. The Morgan fingerprint density at radius 3 is 2.31 bits per heavy atom. The van der Waals surface area contributed by atoms with E-state index in [9.17, 15) is 9.59 Å². The Balaban J connectivity index is 1.49. The SMILES string of the molecule is Cc1ccc(-c2ccc(CC3(C(N)=O)CCCN(C(=O)Cc4cccnc4)C3)cc2)cc1. The zero-order valence-corrected chi connectivity index (χ0v) is 18.5. The lowest BCUT2D eigenvalue weighted by atomic mass is 9.74. The molecule has 1 aliphatic rings. The fourth-order valence-corrected chi connectivity index (χ4v) is 4.52. The number of benzene rings is 2. The van der Waals surface area contributed by atoms with Crippen LogP contribution in [0.2, 0.25) is 0 Å². The number of nitrogens with zero attached hydrogens (tertiary/aromatic N) is 2. The van der Waals surface area contributed by atoms with E-state index < -0.39 is 5.41 Å². The van der Waals surface area contributed by atoms with Gasteiger partial charge >= 0.3 is 0 Å². The van der Waals surface area contributed by atoms with Crippen molar-refractivity contribution in [3.05, 3.63) is 89.7 Å². The summed E-state index contributed by atoms with van der Waals surface area (Å²) in [7, 11) is 0. The summed E-state index contributed by atoms with van der Waals surface area (Å²) in [6.45, 7) is 3.09. The molecule has 0 aliphatic carbocycles. The Morgan fingerprint density at radius 2 is 1.69 bits per heavy atom. The number of aryl methyl sites for hydroxylation is 1. The third-order valence-corrected chi connectivity index (χ3v) is 6.41. The number of primary amides is 1. The quantitative estimate of drug-likeness (QED) is 0.647. The third kappa shape index (κ3) is 4.88. The number of aromatic nitrogens is 1. The van der Waals surface area contributed by atoms with Crippen LogP contribution in [0, 0.1) is 12.3 Å². The van der Waals surface area contributed by atoms with Gasteiger partial charge in [-0.2, -0.15) is 0 Å². The van der Waals surface area contributed by atoms with E-state index in [1.165, 1.54) is 5.56 Å². The number of rotatable bonds is 6. The molecule has 1 fully saturated rings. The number of piperidine rings is 1. The minimum Gasteiger partial charge on any atom is -0.369 e. The fraction of sp³-hybridized carbons (Fsp3) is 0.296. The summed E-state index contributed by atoms with van der Waals surface area (Å²) in [4.78, 5) is 31.4. The van der Waals surface area contributed by atoms with Crippen molar-refractivity contribution in [3.63, 3.8) is 0 Å². The number of carbonyl (C=O) groups excluding carboxylic acids is 2. The lowest BCUT2D eigenvalue weighted by molar-refractivity contribution is -0.139. The van der Waals surface area contributed by atoms with Crippen LogP contribution in [0.25, 0.3) is 11.1 Å². The van der Waals surface area contributed by atoms with Crippen molar-refractivity contribution >= 4 is 11.8 Å². The fourth-order valence-electron chi connectivity index (χ4n) is 4.52. The molecule has 32 heavy (non-hydrogen) atoms. The summed E-state index contributed by atoms with van der Waals surface area (Å²) in [5.41, 5.74) is 10.6. The minimum absolute atomic E-state index is 0.0121. The lowest BCUT2D eigenvalue weighted by Gasteiger charge is -2.41. The van der Waals surface area contributed by atoms with Gasteiger partial charge in [-0.05, 0) is 54.5 Å². The van der Waals surface area contributed by atoms with Crippen LogP contribution in [-0.2, 0) is 22.4 Å². The van der Waals surface area contributed by atoms with E-state index in [-0.39, 0.29) is 18.2 Å². The highest BCUT2D eigenvalue weighted by molar-refractivity contribution is 5.84. The first kappa shape index (κ1) is 21.8. The number of carbonyl (C=O) groups is 2. The van der Waals surface area contributed by atoms with E-state index in [1.54, 1.807) is 17.3 Å². The van der Waals surface area contributed by atoms with Crippen LogP contribution in [0.15, 0.2) is 73.1 Å². The van der Waals surface area contributed by atoms with Crippen LogP contribution in [0.1, 0.15) is 29.5 Å². The summed E-state index contributed by atoms with van der Waals surface area (Å²) in [5, 5.41) is 0. The summed E-state index contributed by atoms with van der Waals surface area (Å²) >= 11 is 0. The second-order valence-electron chi connectivity index (χ2n) is 8.84. The second kappa shape index (κ2) is 9.35. The summed E-state index contributed by atoms with van der Waals surface area (Å²) in [6, 6.07) is 20.5. The van der Waals surface area contributed by atoms with Crippen molar-refractivity contribution in [2.75, 3.05) is 13.1 Å². The van der Waals surface area contributed by atoms with Crippen LogP contribution < -0.4 is 5.73 Å². The first-order valence-electron chi connectivity index (χ1n) is 11.1. The van der Waals surface area contributed by atoms with Gasteiger partial charge in [0.25, 0.3) is 0 Å². The molecule has 2 N–H and O–H groups in total. The molecule has 5 nitrogen and oxygen atoms in total. The molecule has 2 aromatic carbocycles. The van der Waals surface area contributed by atoms with Crippen molar-refractivity contribution in [1.29, 1.82) is 0 Å². The molecule has 1 atom stereocenters. The van der Waals surface area contributed by atoms with E-state index in [1.807, 2.05) is 12.1 Å². The first-order chi connectivity index (χ1) is 15.4. The summed E-state index contributed by atoms with van der Waals surface area (Å²) in [5.74, 6) is -0.322. The van der Waals surface area contributed by atoms with Gasteiger partial charge in [0, 0.05) is 25.5 Å². The van der Waals surface area contributed by atoms with Crippen LogP contribution in [0.4, 0.5) is 0 Å². The Kier molecular flexibility index (Phi) is 6.35. The molecule has 1 aromatic heterocycles. The van der Waals surface area contributed by atoms with Gasteiger partial charge in [0.05, 0.1) is 11.8 Å². The largest absolute Gasteiger partial charge is 0.369 e. The third-order valence-electron chi connectivity index (χ3n) is 6.41. The average molecular weight is 428 g/mol. The molecular weight excluding hydrogens is 398 g/mol. The molecule has 2 heterocycles. The first-order valence-corrected chi connectivity index (χ1v) is 11.1. The molecule has 0 bridgehead atoms. The van der Waals surface area contributed by atoms with Gasteiger partial charge in [-0.25, -0.2) is 0 Å². The van der Waals surface area contributed by atoms with Crippen molar-refractivity contribution in [1.82, 2.24) is 9.88 Å². The summed E-state index contributed by atoms with van der Waals surface area (Å²) < 4.78 is 0. The summed E-state index contributed by atoms with van der Waals surface area (Å²) in [6.07, 6.45) is 5.68. The Morgan fingerprint density at radius 1 is 1.00 bits per heavy atom. The highest BCUT2D eigenvalue weighted by Gasteiger charge is 2.42. The maximum Gasteiger partial charge on any atom is 0.227 e. The topological polar surface area (TPSA) is 76.3 Å². The molecule has 1 aliphatic heterocycles. The van der Waals surface area contributed by atoms with Gasteiger partial charge < -0.3 is 10.6 Å². The van der Waals surface area contributed by atoms with Gasteiger partial charge in [0.2, 0.25) is 11.8 Å². The van der Waals surface area contributed by atoms with Crippen LogP contribution in [0.3, 0.4) is 0 Å². The maximum atomic E-state index is 12.9. The van der Waals surface area contributed by atoms with Gasteiger partial charge in [-0.3, -0.25) is 14.6 Å². The number of hydrogen-bond donors (Lipinski definition) is 1. The van der Waals surface area contributed by atoms with Crippen molar-refractivity contribution in [2.45, 2.75) is 32.6 Å². The Hall–Kier alpha value is -3.47. The van der Waals surface area contributed by atoms with Crippen LogP contribution >= 0.6 is 0 Å². The molecule has 1 saturated heterocycles. The minimum atomic E-state index is -0.742. The Labute approximate surface area is 189 Å². The number of hydrogen-bond acceptors (Lipinski definition) is 3. The Bertz CT molecular complexity index is 1080. The molecule has 4 rings (SSSR count). The van der Waals surface area contributed by atoms with Crippen LogP contribution in [-0.4, -0.2) is 34.8 Å². The zero-order valence-electron chi connectivity index (χ0n) is 18.5. The molecule has 0 saturated carbocycles. The van der Waals surface area contributed by atoms with Gasteiger partial charge in [0.1, 0.15) is 0 Å². The molecule has 164 valence electrons. The normalized spacial score (nSPS) is 18.3. The van der Waals surface area contributed by atoms with Gasteiger partial charge in [0.15, 0.2) is 0 Å². The molecule has 5 heteroatoms. The predicted octanol–water partition coefficient (Wildman–Crippen LogP) is 3.94. The molecule has 3 aromatic rings. The standard InChI is InChI=1S/C27H29N3O2/c1-20-5-9-23(10-6-20)24-11-7-21(8-12-24)17-27(26(28)32)13-3-15-30(19-27)25(31)16-22-4-2-14-29-18-22/h2,4-12,14,18H,3,13,15-17,19H2,1H3,(H2,28,32). The van der Waals surface area contributed by atoms with Crippen molar-refractivity contribution in [3.8, 4) is 11.1 Å². The van der Waals surface area contributed by atoms with Crippen molar-refractivity contribution in [2.24, 2.45) is 11.1 Å². The van der Waals surface area contributed by atoms with E-state index >= 15 is 0 Å². The van der Waals surface area contributed by atoms with E-state index in [0.29, 0.717) is 25.9 Å². The molecule has 0 spiro atoms. The van der Waals surface area contributed by atoms with Crippen LogP contribution in [0.5, 0.6) is 0 Å². The van der Waals surface area contributed by atoms with Gasteiger partial charge in [-0.1, -0.05) is 60.2 Å². The molecule has 1 unspecified atom stereocenters. The average Bonchev–Trinajstić information content (AvgIpc) is 2.81. The smallest absolute Gasteiger partial charge is 0.227 e. The maximum absolute atomic E-state index is 12.9. The monoisotopic (exact) mass is 427 g/mol. The lowest BCUT2D eigenvalue weighted by Crippen LogP contribution is -2.53. The number of likely N-dealkylation sites (tertiary alicyclic amines) is 1. The van der Waals surface area contributed by atoms with Gasteiger partial charge in [-0.15, -0.1) is 0 Å². The predicted molar refractivity (Wildman–Crippen MR) is 126 cm³/mol. The van der Waals surface area contributed by atoms with Crippen molar-refractivity contribution < 1.29 is 9.59 Å². The number of pyridine rings is 1. The van der Waals surface area contributed by atoms with E-state index in [0.717, 1.165) is 28.7 Å². The number of nitrogens with two attached hydrogens (primary N) is 1. The zero-order chi connectivity index (χ0) is 22.6. The van der Waals surface area contributed by atoms with E-state index in [4.69, 9.17) is 5.73 Å². The highest BCUT2D eigenvalue weighted by Crippen LogP contribution is 2.34. The van der Waals surface area contributed by atoms with E-state index in [2.05, 4.69) is 60.4 Å². The highest BCUT2D eigenvalue weighted by atomic mass is 16.2.